The summed E-state index contributed by atoms with van der Waals surface area (Å²) < 4.78 is 0.754. The number of nitriles is 1. The van der Waals surface area contributed by atoms with Crippen LogP contribution in [-0.4, -0.2) is 16.8 Å². The molecular weight excluding hydrogens is 456 g/mol. The van der Waals surface area contributed by atoms with E-state index in [0.717, 1.165) is 15.6 Å². The van der Waals surface area contributed by atoms with E-state index in [0.29, 0.717) is 22.5 Å². The van der Waals surface area contributed by atoms with E-state index in [-0.39, 0.29) is 11.8 Å². The average molecular weight is 477 g/mol. The van der Waals surface area contributed by atoms with Gasteiger partial charge in [-0.3, -0.25) is 14.6 Å². The topological polar surface area (TPSA) is 94.9 Å². The van der Waals surface area contributed by atoms with E-state index in [1.807, 2.05) is 13.0 Å². The van der Waals surface area contributed by atoms with Crippen molar-refractivity contribution < 1.29 is 9.59 Å². The predicted molar refractivity (Wildman–Crippen MR) is 124 cm³/mol. The molecule has 3 rings (SSSR count). The Hall–Kier alpha value is -3.50. The highest BCUT2D eigenvalue weighted by Crippen LogP contribution is 2.24. The minimum absolute atomic E-state index is 0.300. The van der Waals surface area contributed by atoms with Crippen LogP contribution in [0.4, 0.5) is 11.4 Å². The third-order valence-electron chi connectivity index (χ3n) is 4.83. The molecule has 0 saturated heterocycles. The number of amides is 2. The van der Waals surface area contributed by atoms with Gasteiger partial charge in [-0.2, -0.15) is 5.26 Å². The fourth-order valence-corrected chi connectivity index (χ4v) is 3.30. The number of hydrogen-bond acceptors (Lipinski definition) is 4. The van der Waals surface area contributed by atoms with Crippen molar-refractivity contribution in [3.63, 3.8) is 0 Å². The van der Waals surface area contributed by atoms with E-state index >= 15 is 0 Å². The zero-order valence-corrected chi connectivity index (χ0v) is 18.9. The summed E-state index contributed by atoms with van der Waals surface area (Å²) in [5.41, 5.74) is 2.77. The lowest BCUT2D eigenvalue weighted by Gasteiger charge is -2.16. The van der Waals surface area contributed by atoms with Crippen LogP contribution in [0.3, 0.4) is 0 Å². The largest absolute Gasteiger partial charge is 0.322 e. The van der Waals surface area contributed by atoms with Gasteiger partial charge in [0, 0.05) is 27.5 Å². The van der Waals surface area contributed by atoms with Gasteiger partial charge in [-0.05, 0) is 78.2 Å². The molecule has 6 nitrogen and oxygen atoms in total. The summed E-state index contributed by atoms with van der Waals surface area (Å²) in [4.78, 5) is 29.5. The molecule has 2 N–H and O–H groups in total. The first-order valence-electron chi connectivity index (χ1n) is 9.55. The number of nitrogens with one attached hydrogen (secondary N) is 2. The molecule has 156 valence electrons. The van der Waals surface area contributed by atoms with E-state index < -0.39 is 5.41 Å². The second kappa shape index (κ2) is 9.11. The molecule has 0 spiro atoms. The number of anilines is 2. The fraction of sp³-hybridized carbons (Fsp3) is 0.167. The van der Waals surface area contributed by atoms with Crippen LogP contribution in [0.1, 0.15) is 45.7 Å². The molecule has 0 aliphatic heterocycles. The molecular formula is C24H21BrN4O2. The number of halogens is 1. The summed E-state index contributed by atoms with van der Waals surface area (Å²) in [6.45, 7) is 5.43. The molecule has 0 radical (unpaired) electrons. The van der Waals surface area contributed by atoms with Crippen molar-refractivity contribution in [1.29, 1.82) is 5.26 Å². The zero-order chi connectivity index (χ0) is 22.6. The van der Waals surface area contributed by atoms with Gasteiger partial charge in [0.25, 0.3) is 11.8 Å². The van der Waals surface area contributed by atoms with Crippen molar-refractivity contribution >= 4 is 39.1 Å². The zero-order valence-electron chi connectivity index (χ0n) is 17.4. The van der Waals surface area contributed by atoms with Crippen molar-refractivity contribution in [2.75, 3.05) is 10.6 Å². The standard InChI is InChI=1S/C24H21BrN4O2/c1-15-7-8-19(11-21(15)23(31)29-20-10-18(25)12-27-13-20)28-22(30)16-5-4-6-17(9-16)24(2,3)14-26/h4-13H,1-3H3,(H,28,30)(H,29,31). The number of hydrogen-bond donors (Lipinski definition) is 2. The van der Waals surface area contributed by atoms with Crippen LogP contribution in [0.2, 0.25) is 0 Å². The summed E-state index contributed by atoms with van der Waals surface area (Å²) >= 11 is 3.33. The van der Waals surface area contributed by atoms with E-state index in [1.54, 1.807) is 68.7 Å². The molecule has 2 aromatic carbocycles. The summed E-state index contributed by atoms with van der Waals surface area (Å²) in [6, 6.07) is 16.1. The molecule has 7 heteroatoms. The maximum Gasteiger partial charge on any atom is 0.256 e. The molecule has 2 amide bonds. The lowest BCUT2D eigenvalue weighted by Crippen LogP contribution is -2.18. The van der Waals surface area contributed by atoms with Crippen molar-refractivity contribution in [2.45, 2.75) is 26.2 Å². The summed E-state index contributed by atoms with van der Waals surface area (Å²) in [5.74, 6) is -0.617. The summed E-state index contributed by atoms with van der Waals surface area (Å²) in [7, 11) is 0. The van der Waals surface area contributed by atoms with Crippen LogP contribution in [0, 0.1) is 18.3 Å². The van der Waals surface area contributed by atoms with Gasteiger partial charge < -0.3 is 10.6 Å². The van der Waals surface area contributed by atoms with Crippen molar-refractivity contribution in [3.05, 3.63) is 87.7 Å². The molecule has 0 atom stereocenters. The number of nitrogens with zero attached hydrogens (tertiary/aromatic N) is 2. The highest BCUT2D eigenvalue weighted by atomic mass is 79.9. The number of aromatic nitrogens is 1. The fourth-order valence-electron chi connectivity index (χ4n) is 2.94. The first-order chi connectivity index (χ1) is 14.7. The Morgan fingerprint density at radius 3 is 2.45 bits per heavy atom. The Bertz CT molecular complexity index is 1200. The molecule has 31 heavy (non-hydrogen) atoms. The van der Waals surface area contributed by atoms with Gasteiger partial charge in [-0.25, -0.2) is 0 Å². The molecule has 0 bridgehead atoms. The van der Waals surface area contributed by atoms with E-state index in [4.69, 9.17) is 0 Å². The normalized spacial score (nSPS) is 10.8. The average Bonchev–Trinajstić information content (AvgIpc) is 2.75. The van der Waals surface area contributed by atoms with Crippen LogP contribution in [0.5, 0.6) is 0 Å². The molecule has 0 saturated carbocycles. The molecule has 0 aliphatic carbocycles. The van der Waals surface area contributed by atoms with Gasteiger partial charge >= 0.3 is 0 Å². The quantitative estimate of drug-likeness (QED) is 0.510. The second-order valence-electron chi connectivity index (χ2n) is 7.65. The molecule has 0 aliphatic rings. The number of rotatable bonds is 5. The minimum atomic E-state index is -0.702. The lowest BCUT2D eigenvalue weighted by atomic mass is 9.85. The van der Waals surface area contributed by atoms with Crippen molar-refractivity contribution in [2.24, 2.45) is 0 Å². The molecule has 0 unspecified atom stereocenters. The Labute approximate surface area is 189 Å². The Kier molecular flexibility index (Phi) is 6.52. The Morgan fingerprint density at radius 2 is 1.74 bits per heavy atom. The van der Waals surface area contributed by atoms with Crippen LogP contribution >= 0.6 is 15.9 Å². The van der Waals surface area contributed by atoms with Gasteiger partial charge in [0.2, 0.25) is 0 Å². The number of pyridine rings is 1. The van der Waals surface area contributed by atoms with Gasteiger partial charge in [-0.15, -0.1) is 0 Å². The smallest absolute Gasteiger partial charge is 0.256 e. The maximum atomic E-state index is 12.8. The number of carbonyl (C=O) groups excluding carboxylic acids is 2. The number of aryl methyl sites for hydroxylation is 1. The van der Waals surface area contributed by atoms with Gasteiger partial charge in [0.1, 0.15) is 0 Å². The Balaban J connectivity index is 1.80. The highest BCUT2D eigenvalue weighted by molar-refractivity contribution is 9.10. The van der Waals surface area contributed by atoms with Gasteiger partial charge in [-0.1, -0.05) is 18.2 Å². The lowest BCUT2D eigenvalue weighted by molar-refractivity contribution is 0.101. The third-order valence-corrected chi connectivity index (χ3v) is 5.26. The number of benzene rings is 2. The van der Waals surface area contributed by atoms with Gasteiger partial charge in [0.05, 0.1) is 23.4 Å². The van der Waals surface area contributed by atoms with Crippen LogP contribution in [0.15, 0.2) is 65.4 Å². The second-order valence-corrected chi connectivity index (χ2v) is 8.56. The first-order valence-corrected chi connectivity index (χ1v) is 10.3. The number of carbonyl (C=O) groups is 2. The van der Waals surface area contributed by atoms with E-state index in [9.17, 15) is 14.9 Å². The Morgan fingerprint density at radius 1 is 1.00 bits per heavy atom. The molecule has 1 heterocycles. The van der Waals surface area contributed by atoms with E-state index in [1.165, 1.54) is 0 Å². The monoisotopic (exact) mass is 476 g/mol. The van der Waals surface area contributed by atoms with Crippen molar-refractivity contribution in [1.82, 2.24) is 4.98 Å². The summed E-state index contributed by atoms with van der Waals surface area (Å²) in [6.07, 6.45) is 3.18. The van der Waals surface area contributed by atoms with Gasteiger partial charge in [0.15, 0.2) is 0 Å². The van der Waals surface area contributed by atoms with Crippen LogP contribution < -0.4 is 10.6 Å². The first kappa shape index (κ1) is 22.2. The third kappa shape index (κ3) is 5.36. The van der Waals surface area contributed by atoms with E-state index in [2.05, 4.69) is 37.6 Å². The minimum Gasteiger partial charge on any atom is -0.322 e. The molecule has 1 aromatic heterocycles. The molecule has 0 fully saturated rings. The summed E-state index contributed by atoms with van der Waals surface area (Å²) in [5, 5.41) is 15.0. The van der Waals surface area contributed by atoms with Crippen LogP contribution in [-0.2, 0) is 5.41 Å². The highest BCUT2D eigenvalue weighted by Gasteiger charge is 2.21. The van der Waals surface area contributed by atoms with Crippen molar-refractivity contribution in [3.8, 4) is 6.07 Å². The maximum absolute atomic E-state index is 12.8. The SMILES string of the molecule is Cc1ccc(NC(=O)c2cccc(C(C)(C)C#N)c2)cc1C(=O)Nc1cncc(Br)c1. The molecule has 3 aromatic rings. The predicted octanol–water partition coefficient (Wildman–Crippen LogP) is 5.46. The van der Waals surface area contributed by atoms with Crippen LogP contribution in [0.25, 0.3) is 0 Å².